The molecule has 2 aliphatic carbocycles. The van der Waals surface area contributed by atoms with Gasteiger partial charge in [0, 0.05) is 11.6 Å². The summed E-state index contributed by atoms with van der Waals surface area (Å²) in [5.41, 5.74) is 7.48. The highest BCUT2D eigenvalue weighted by Crippen LogP contribution is 2.49. The number of amides is 1. The van der Waals surface area contributed by atoms with Gasteiger partial charge in [-0.05, 0) is 68.5 Å². The van der Waals surface area contributed by atoms with Crippen molar-refractivity contribution in [2.24, 2.45) is 23.5 Å². The first-order chi connectivity index (χ1) is 10.2. The number of fused-ring (bicyclic) bond motifs is 2. The molecule has 3 heteroatoms. The van der Waals surface area contributed by atoms with Gasteiger partial charge in [0.15, 0.2) is 0 Å². The average molecular weight is 286 g/mol. The first-order valence-electron chi connectivity index (χ1n) is 8.28. The number of hydrogen-bond acceptors (Lipinski definition) is 2. The zero-order chi connectivity index (χ0) is 14.8. The summed E-state index contributed by atoms with van der Waals surface area (Å²) in [6, 6.07) is 8.09. The Labute approximate surface area is 127 Å². The lowest BCUT2D eigenvalue weighted by atomic mass is 9.84. The fraction of sp³-hybridized carbons (Fsp3) is 0.611. The minimum absolute atomic E-state index is 0.0642. The van der Waals surface area contributed by atoms with Crippen LogP contribution < -0.4 is 11.1 Å². The lowest BCUT2D eigenvalue weighted by Crippen LogP contribution is -2.40. The second-order valence-electron chi connectivity index (χ2n) is 6.80. The van der Waals surface area contributed by atoms with Crippen molar-refractivity contribution in [2.45, 2.75) is 45.1 Å². The molecule has 2 fully saturated rings. The van der Waals surface area contributed by atoms with E-state index in [1.807, 2.05) is 24.3 Å². The summed E-state index contributed by atoms with van der Waals surface area (Å²) in [5.74, 6) is 2.50. The van der Waals surface area contributed by atoms with Gasteiger partial charge in [-0.2, -0.15) is 0 Å². The molecule has 3 N–H and O–H groups in total. The van der Waals surface area contributed by atoms with Crippen molar-refractivity contribution >= 4 is 5.91 Å². The van der Waals surface area contributed by atoms with Crippen molar-refractivity contribution in [3.05, 3.63) is 35.4 Å². The summed E-state index contributed by atoms with van der Waals surface area (Å²) < 4.78 is 0. The lowest BCUT2D eigenvalue weighted by Gasteiger charge is -2.28. The number of nitrogens with one attached hydrogen (secondary N) is 1. The van der Waals surface area contributed by atoms with Crippen LogP contribution in [-0.2, 0) is 6.42 Å². The van der Waals surface area contributed by atoms with Gasteiger partial charge in [0.25, 0.3) is 5.91 Å². The van der Waals surface area contributed by atoms with Crippen LogP contribution in [0.15, 0.2) is 24.3 Å². The molecule has 2 aliphatic rings. The molecular weight excluding hydrogens is 260 g/mol. The quantitative estimate of drug-likeness (QED) is 0.874. The maximum absolute atomic E-state index is 12.6. The largest absolute Gasteiger partial charge is 0.349 e. The maximum atomic E-state index is 12.6. The van der Waals surface area contributed by atoms with Gasteiger partial charge in [-0.3, -0.25) is 4.79 Å². The van der Waals surface area contributed by atoms with Gasteiger partial charge in [0.05, 0.1) is 0 Å². The Kier molecular flexibility index (Phi) is 4.29. The third-order valence-electron chi connectivity index (χ3n) is 5.47. The van der Waals surface area contributed by atoms with Gasteiger partial charge >= 0.3 is 0 Å². The molecule has 2 saturated carbocycles. The molecule has 4 unspecified atom stereocenters. The van der Waals surface area contributed by atoms with Gasteiger partial charge in [-0.25, -0.2) is 0 Å². The van der Waals surface area contributed by atoms with Gasteiger partial charge < -0.3 is 11.1 Å². The molecule has 1 aromatic carbocycles. The SMILES string of the molecule is CC(NC(=O)c1ccccc1CCN)C1CC2CCC1C2. The van der Waals surface area contributed by atoms with Crippen LogP contribution >= 0.6 is 0 Å². The predicted molar refractivity (Wildman–Crippen MR) is 85.1 cm³/mol. The van der Waals surface area contributed by atoms with Gasteiger partial charge in [-0.1, -0.05) is 24.6 Å². The van der Waals surface area contributed by atoms with E-state index in [0.717, 1.165) is 29.4 Å². The normalized spacial score (nSPS) is 28.6. The van der Waals surface area contributed by atoms with Crippen LogP contribution in [0.5, 0.6) is 0 Å². The van der Waals surface area contributed by atoms with Gasteiger partial charge in [0.2, 0.25) is 0 Å². The van der Waals surface area contributed by atoms with E-state index >= 15 is 0 Å². The van der Waals surface area contributed by atoms with E-state index < -0.39 is 0 Å². The zero-order valence-corrected chi connectivity index (χ0v) is 12.8. The van der Waals surface area contributed by atoms with Crippen LogP contribution in [0.25, 0.3) is 0 Å². The monoisotopic (exact) mass is 286 g/mol. The molecule has 3 rings (SSSR count). The van der Waals surface area contributed by atoms with Crippen LogP contribution in [-0.4, -0.2) is 18.5 Å². The molecule has 114 valence electrons. The third-order valence-corrected chi connectivity index (χ3v) is 5.47. The molecule has 0 heterocycles. The Balaban J connectivity index is 1.66. The van der Waals surface area contributed by atoms with Crippen molar-refractivity contribution in [2.75, 3.05) is 6.54 Å². The number of carbonyl (C=O) groups is 1. The van der Waals surface area contributed by atoms with E-state index in [-0.39, 0.29) is 11.9 Å². The fourth-order valence-electron chi connectivity index (χ4n) is 4.41. The first-order valence-corrected chi connectivity index (χ1v) is 8.28. The molecule has 2 bridgehead atoms. The molecule has 0 aliphatic heterocycles. The molecule has 1 aromatic rings. The highest BCUT2D eigenvalue weighted by molar-refractivity contribution is 5.95. The van der Waals surface area contributed by atoms with E-state index in [1.165, 1.54) is 25.7 Å². The highest BCUT2D eigenvalue weighted by atomic mass is 16.1. The number of rotatable bonds is 5. The Morgan fingerprint density at radius 2 is 2.14 bits per heavy atom. The van der Waals surface area contributed by atoms with Gasteiger partial charge in [0.1, 0.15) is 0 Å². The highest BCUT2D eigenvalue weighted by Gasteiger charge is 2.42. The van der Waals surface area contributed by atoms with E-state index in [9.17, 15) is 4.79 Å². The summed E-state index contributed by atoms with van der Waals surface area (Å²) in [7, 11) is 0. The zero-order valence-electron chi connectivity index (χ0n) is 12.8. The Morgan fingerprint density at radius 3 is 2.81 bits per heavy atom. The van der Waals surface area contributed by atoms with E-state index in [4.69, 9.17) is 5.73 Å². The van der Waals surface area contributed by atoms with E-state index in [0.29, 0.717) is 12.5 Å². The fourth-order valence-corrected chi connectivity index (χ4v) is 4.41. The van der Waals surface area contributed by atoms with E-state index in [1.54, 1.807) is 0 Å². The van der Waals surface area contributed by atoms with Crippen LogP contribution in [0.2, 0.25) is 0 Å². The third kappa shape index (κ3) is 2.98. The van der Waals surface area contributed by atoms with Crippen molar-refractivity contribution in [3.8, 4) is 0 Å². The molecule has 4 atom stereocenters. The minimum atomic E-state index is 0.0642. The van der Waals surface area contributed by atoms with Crippen LogP contribution in [0.3, 0.4) is 0 Å². The maximum Gasteiger partial charge on any atom is 0.251 e. The standard InChI is InChI=1S/C18H26N2O/c1-12(17-11-13-6-7-15(17)10-13)20-18(21)16-5-3-2-4-14(16)8-9-19/h2-5,12-13,15,17H,6-11,19H2,1H3,(H,20,21). The van der Waals surface area contributed by atoms with Gasteiger partial charge in [-0.15, -0.1) is 0 Å². The summed E-state index contributed by atoms with van der Waals surface area (Å²) >= 11 is 0. The Bertz CT molecular complexity index is 514. The number of benzene rings is 1. The summed E-state index contributed by atoms with van der Waals surface area (Å²) in [5, 5.41) is 3.24. The van der Waals surface area contributed by atoms with Crippen molar-refractivity contribution in [3.63, 3.8) is 0 Å². The Hall–Kier alpha value is -1.35. The first kappa shape index (κ1) is 14.6. The Morgan fingerprint density at radius 1 is 1.33 bits per heavy atom. The molecule has 0 aromatic heterocycles. The van der Waals surface area contributed by atoms with Crippen LogP contribution in [0.4, 0.5) is 0 Å². The average Bonchev–Trinajstić information content (AvgIpc) is 3.10. The molecular formula is C18H26N2O. The van der Waals surface area contributed by atoms with Crippen molar-refractivity contribution in [1.29, 1.82) is 0 Å². The molecule has 1 amide bonds. The number of hydrogen-bond donors (Lipinski definition) is 2. The summed E-state index contributed by atoms with van der Waals surface area (Å²) in [6.45, 7) is 2.75. The van der Waals surface area contributed by atoms with Crippen molar-refractivity contribution in [1.82, 2.24) is 5.32 Å². The smallest absolute Gasteiger partial charge is 0.251 e. The second-order valence-corrected chi connectivity index (χ2v) is 6.80. The van der Waals surface area contributed by atoms with Crippen LogP contribution in [0.1, 0.15) is 48.5 Å². The molecule has 0 radical (unpaired) electrons. The van der Waals surface area contributed by atoms with Crippen LogP contribution in [0, 0.1) is 17.8 Å². The topological polar surface area (TPSA) is 55.1 Å². The second kappa shape index (κ2) is 6.18. The lowest BCUT2D eigenvalue weighted by molar-refractivity contribution is 0.0914. The minimum Gasteiger partial charge on any atom is -0.349 e. The summed E-state index contributed by atoms with van der Waals surface area (Å²) in [4.78, 5) is 12.6. The molecule has 21 heavy (non-hydrogen) atoms. The van der Waals surface area contributed by atoms with Crippen molar-refractivity contribution < 1.29 is 4.79 Å². The number of carbonyl (C=O) groups excluding carboxylic acids is 1. The van der Waals surface area contributed by atoms with E-state index in [2.05, 4.69) is 12.2 Å². The predicted octanol–water partition coefficient (Wildman–Crippen LogP) is 2.74. The molecule has 0 spiro atoms. The molecule has 3 nitrogen and oxygen atoms in total. The molecule has 0 saturated heterocycles. The number of nitrogens with two attached hydrogens (primary N) is 1. The summed E-state index contributed by atoms with van der Waals surface area (Å²) in [6.07, 6.45) is 6.21.